The predicted molar refractivity (Wildman–Crippen MR) is 157 cm³/mol. The fraction of sp³-hybridized carbons (Fsp3) is 0.229. The number of carbonyl (C=O) groups is 1. The van der Waals surface area contributed by atoms with Crippen molar-refractivity contribution in [3.8, 4) is 33.8 Å². The molecule has 8 heteroatoms. The van der Waals surface area contributed by atoms with E-state index >= 15 is 0 Å². The Morgan fingerprint density at radius 3 is 1.58 bits per heavy atom. The lowest BCUT2D eigenvalue weighted by Crippen LogP contribution is -2.07. The van der Waals surface area contributed by atoms with E-state index in [4.69, 9.17) is 14.5 Å². The van der Waals surface area contributed by atoms with Crippen molar-refractivity contribution in [1.82, 2.24) is 0 Å². The van der Waals surface area contributed by atoms with Crippen molar-refractivity contribution in [2.75, 3.05) is 0 Å². The molecule has 224 valence electrons. The molecule has 0 unspecified atom stereocenters. The molecule has 0 aliphatic carbocycles. The minimum absolute atomic E-state index is 0.131. The van der Waals surface area contributed by atoms with Crippen molar-refractivity contribution in [3.63, 3.8) is 0 Å². The summed E-state index contributed by atoms with van der Waals surface area (Å²) in [6.07, 6.45) is 6.01. The Labute approximate surface area is 248 Å². The van der Waals surface area contributed by atoms with Crippen LogP contribution in [0.15, 0.2) is 97.3 Å². The highest BCUT2D eigenvalue weighted by molar-refractivity contribution is 5.73. The molecule has 0 spiro atoms. The summed E-state index contributed by atoms with van der Waals surface area (Å²) in [7, 11) is 0. The van der Waals surface area contributed by atoms with Gasteiger partial charge in [0.25, 0.3) is 0 Å². The Balaban J connectivity index is 1.05. The fourth-order valence-electron chi connectivity index (χ4n) is 4.46. The van der Waals surface area contributed by atoms with E-state index in [0.717, 1.165) is 38.2 Å². The van der Waals surface area contributed by atoms with Gasteiger partial charge in [0.15, 0.2) is 5.75 Å². The summed E-state index contributed by atoms with van der Waals surface area (Å²) in [4.78, 5) is 22.5. The molecule has 0 fully saturated rings. The molecule has 0 amide bonds. The molecule has 4 rings (SSSR count). The third-order valence-electron chi connectivity index (χ3n) is 6.77. The molecule has 0 radical (unpaired) electrons. The van der Waals surface area contributed by atoms with Crippen molar-refractivity contribution in [2.45, 2.75) is 51.4 Å². The van der Waals surface area contributed by atoms with Gasteiger partial charge < -0.3 is 4.74 Å². The molecule has 0 aromatic heterocycles. The zero-order chi connectivity index (χ0) is 30.6. The maximum absolute atomic E-state index is 14.5. The quantitative estimate of drug-likeness (QED) is 0.0262. The van der Waals surface area contributed by atoms with Gasteiger partial charge in [0.2, 0.25) is 0 Å². The van der Waals surface area contributed by atoms with Crippen LogP contribution < -0.4 is 9.62 Å². The summed E-state index contributed by atoms with van der Waals surface area (Å²) in [5.74, 6) is -1.54. The van der Waals surface area contributed by atoms with Gasteiger partial charge in [-0.1, -0.05) is 56.5 Å². The van der Waals surface area contributed by atoms with Crippen LogP contribution in [0.2, 0.25) is 0 Å². The fourth-order valence-corrected chi connectivity index (χ4v) is 4.46. The molecule has 0 aliphatic heterocycles. The molecule has 0 saturated carbocycles. The minimum Gasteiger partial charge on any atom is -0.426 e. The number of esters is 1. The summed E-state index contributed by atoms with van der Waals surface area (Å²) < 4.78 is 60.4. The normalized spacial score (nSPS) is 10.8. The second-order valence-electron chi connectivity index (χ2n) is 10.1. The summed E-state index contributed by atoms with van der Waals surface area (Å²) in [6.45, 7) is 3.83. The van der Waals surface area contributed by atoms with Crippen LogP contribution in [-0.4, -0.2) is 5.97 Å². The van der Waals surface area contributed by atoms with Gasteiger partial charge in [0, 0.05) is 36.1 Å². The Bertz CT molecular complexity index is 1520. The van der Waals surface area contributed by atoms with Gasteiger partial charge in [-0.15, -0.1) is 0 Å². The number of allylic oxidation sites excluding steroid dienone is 1. The zero-order valence-electron chi connectivity index (χ0n) is 23.6. The van der Waals surface area contributed by atoms with Gasteiger partial charge in [-0.2, -0.15) is 0 Å². The molecule has 0 heterocycles. The molecule has 4 nitrogen and oxygen atoms in total. The number of rotatable bonds is 15. The van der Waals surface area contributed by atoms with E-state index in [9.17, 15) is 22.4 Å². The van der Waals surface area contributed by atoms with E-state index < -0.39 is 29.2 Å². The third-order valence-corrected chi connectivity index (χ3v) is 6.77. The molecule has 4 aromatic rings. The molecular formula is C35H32F4O4. The minimum atomic E-state index is -0.553. The lowest BCUT2D eigenvalue weighted by atomic mass is 10.0. The standard InChI is InChI=1S/C35H32F4O4/c1-24(42-43-30-19-21-32(34(39)23-30)26-12-16-28(37)17-13-26)8-6-4-2-3-5-7-9-35(40)41-29-18-20-31(33(38)22-29)25-10-14-27(36)15-11-25/h10-23H,1-9H2. The lowest BCUT2D eigenvalue weighted by Gasteiger charge is -2.10. The second kappa shape index (κ2) is 15.6. The zero-order valence-corrected chi connectivity index (χ0v) is 23.6. The number of hydrogen-bond acceptors (Lipinski definition) is 4. The Morgan fingerprint density at radius 1 is 0.581 bits per heavy atom. The maximum atomic E-state index is 14.5. The number of ether oxygens (including phenoxy) is 1. The highest BCUT2D eigenvalue weighted by atomic mass is 19.1. The van der Waals surface area contributed by atoms with E-state index in [1.54, 1.807) is 6.07 Å². The van der Waals surface area contributed by atoms with Gasteiger partial charge in [-0.3, -0.25) is 14.6 Å². The van der Waals surface area contributed by atoms with E-state index in [0.29, 0.717) is 40.9 Å². The molecule has 43 heavy (non-hydrogen) atoms. The maximum Gasteiger partial charge on any atom is 0.311 e. The summed E-state index contributed by atoms with van der Waals surface area (Å²) in [5, 5.41) is 0. The number of benzene rings is 4. The average Bonchev–Trinajstić information content (AvgIpc) is 2.99. The van der Waals surface area contributed by atoms with Gasteiger partial charge in [0.1, 0.15) is 34.8 Å². The summed E-state index contributed by atoms with van der Waals surface area (Å²) >= 11 is 0. The Hall–Kier alpha value is -4.59. The van der Waals surface area contributed by atoms with E-state index in [1.807, 2.05) is 0 Å². The molecule has 0 saturated heterocycles. The summed E-state index contributed by atoms with van der Waals surface area (Å²) in [6, 6.07) is 19.5. The van der Waals surface area contributed by atoms with Crippen LogP contribution in [0.4, 0.5) is 17.6 Å². The lowest BCUT2D eigenvalue weighted by molar-refractivity contribution is -0.168. The van der Waals surface area contributed by atoms with Crippen LogP contribution >= 0.6 is 0 Å². The molecular weight excluding hydrogens is 560 g/mol. The van der Waals surface area contributed by atoms with Crippen molar-refractivity contribution in [2.24, 2.45) is 0 Å². The topological polar surface area (TPSA) is 44.8 Å². The Morgan fingerprint density at radius 2 is 1.05 bits per heavy atom. The predicted octanol–water partition coefficient (Wildman–Crippen LogP) is 10.1. The number of halogens is 4. The van der Waals surface area contributed by atoms with Crippen molar-refractivity contribution in [3.05, 3.63) is 121 Å². The van der Waals surface area contributed by atoms with Crippen LogP contribution in [0, 0.1) is 23.3 Å². The third kappa shape index (κ3) is 9.74. The van der Waals surface area contributed by atoms with Crippen molar-refractivity contribution >= 4 is 5.97 Å². The number of hydrogen-bond donors (Lipinski definition) is 0. The molecule has 0 aliphatic rings. The largest absolute Gasteiger partial charge is 0.426 e. The first-order valence-electron chi connectivity index (χ1n) is 14.1. The molecule has 0 atom stereocenters. The van der Waals surface area contributed by atoms with Gasteiger partial charge in [-0.25, -0.2) is 17.6 Å². The molecule has 0 N–H and O–H groups in total. The van der Waals surface area contributed by atoms with Crippen molar-refractivity contribution < 1.29 is 36.9 Å². The molecule has 4 aromatic carbocycles. The monoisotopic (exact) mass is 592 g/mol. The van der Waals surface area contributed by atoms with Crippen molar-refractivity contribution in [1.29, 1.82) is 0 Å². The van der Waals surface area contributed by atoms with E-state index in [2.05, 4.69) is 6.58 Å². The van der Waals surface area contributed by atoms with E-state index in [-0.39, 0.29) is 17.9 Å². The van der Waals surface area contributed by atoms with Gasteiger partial charge >= 0.3 is 5.97 Å². The smallest absolute Gasteiger partial charge is 0.311 e. The number of unbranched alkanes of at least 4 members (excludes halogenated alkanes) is 5. The molecule has 0 bridgehead atoms. The van der Waals surface area contributed by atoms with Crippen LogP contribution in [0.5, 0.6) is 11.5 Å². The van der Waals surface area contributed by atoms with Crippen LogP contribution in [0.1, 0.15) is 51.4 Å². The van der Waals surface area contributed by atoms with Crippen LogP contribution in [0.25, 0.3) is 22.3 Å². The highest BCUT2D eigenvalue weighted by Crippen LogP contribution is 2.28. The van der Waals surface area contributed by atoms with Gasteiger partial charge in [0.05, 0.1) is 0 Å². The first-order chi connectivity index (χ1) is 20.8. The van der Waals surface area contributed by atoms with Gasteiger partial charge in [-0.05, 0) is 72.5 Å². The highest BCUT2D eigenvalue weighted by Gasteiger charge is 2.11. The second-order valence-corrected chi connectivity index (χ2v) is 10.1. The SMILES string of the molecule is C=C(CCCCCCCCC(=O)Oc1ccc(-c2ccc(F)cc2)c(F)c1)OOc1ccc(-c2ccc(F)cc2)c(F)c1. The van der Waals surface area contributed by atoms with Crippen LogP contribution in [0.3, 0.4) is 0 Å². The first-order valence-corrected chi connectivity index (χ1v) is 14.1. The number of carbonyl (C=O) groups excluding carboxylic acids is 1. The van der Waals surface area contributed by atoms with E-state index in [1.165, 1.54) is 72.8 Å². The summed E-state index contributed by atoms with van der Waals surface area (Å²) in [5.41, 5.74) is 1.71. The Kier molecular flexibility index (Phi) is 11.4. The average molecular weight is 593 g/mol. The van der Waals surface area contributed by atoms with Crippen LogP contribution in [-0.2, 0) is 9.68 Å². The first kappa shape index (κ1) is 31.3.